The Hall–Kier alpha value is -3.51. The van der Waals surface area contributed by atoms with Crippen molar-refractivity contribution in [3.8, 4) is 11.5 Å². The molecule has 1 N–H and O–H groups in total. The summed E-state index contributed by atoms with van der Waals surface area (Å²) in [7, 11) is 3.46. The van der Waals surface area contributed by atoms with Gasteiger partial charge in [0.1, 0.15) is 0 Å². The molecule has 4 aromatic rings. The maximum atomic E-state index is 12.8. The summed E-state index contributed by atoms with van der Waals surface area (Å²) >= 11 is 6.04. The zero-order valence-corrected chi connectivity index (χ0v) is 31.2. The Morgan fingerprint density at radius 2 is 1.44 bits per heavy atom. The minimum atomic E-state index is -0.143. The van der Waals surface area contributed by atoms with E-state index in [4.69, 9.17) is 21.1 Å². The summed E-state index contributed by atoms with van der Waals surface area (Å²) < 4.78 is 11.3. The molecule has 6 rings (SSSR count). The van der Waals surface area contributed by atoms with Crippen molar-refractivity contribution < 1.29 is 14.3 Å². The highest BCUT2D eigenvalue weighted by molar-refractivity contribution is 6.30. The number of amides is 1. The van der Waals surface area contributed by atoms with Crippen molar-refractivity contribution in [2.75, 3.05) is 33.9 Å². The Morgan fingerprint density at radius 3 is 2.08 bits per heavy atom. The van der Waals surface area contributed by atoms with Gasteiger partial charge in [0, 0.05) is 22.5 Å². The number of piperidine rings is 1. The number of fused-ring (bicyclic) bond motifs is 1. The first kappa shape index (κ1) is 37.7. The summed E-state index contributed by atoms with van der Waals surface area (Å²) in [5, 5.41) is 3.88. The van der Waals surface area contributed by atoms with Gasteiger partial charge in [0.25, 0.3) is 0 Å². The molecule has 1 heterocycles. The summed E-state index contributed by atoms with van der Waals surface area (Å²) in [5.41, 5.74) is 6.56. The van der Waals surface area contributed by atoms with Crippen LogP contribution in [-0.4, -0.2) is 50.2 Å². The van der Waals surface area contributed by atoms with Crippen molar-refractivity contribution in [3.05, 3.63) is 130 Å². The summed E-state index contributed by atoms with van der Waals surface area (Å²) in [4.78, 5) is 15.7. The third-order valence-corrected chi connectivity index (χ3v) is 11.4. The number of rotatable bonds is 14. The van der Waals surface area contributed by atoms with E-state index in [1.54, 1.807) is 14.2 Å². The Balaban J connectivity index is 0.00000486. The fraction of sp³-hybridized carbons (Fsp3) is 0.419. The van der Waals surface area contributed by atoms with Crippen LogP contribution in [0.2, 0.25) is 5.02 Å². The van der Waals surface area contributed by atoms with Gasteiger partial charge < -0.3 is 14.8 Å². The lowest BCUT2D eigenvalue weighted by Crippen LogP contribution is -2.55. The summed E-state index contributed by atoms with van der Waals surface area (Å²) in [6.07, 6.45) is 11.5. The van der Waals surface area contributed by atoms with Crippen LogP contribution in [0.4, 0.5) is 0 Å². The largest absolute Gasteiger partial charge is 0.493 e. The average molecular weight is 716 g/mol. The van der Waals surface area contributed by atoms with Gasteiger partial charge in [-0.3, -0.25) is 9.69 Å². The first-order valence-electron chi connectivity index (χ1n) is 18.1. The van der Waals surface area contributed by atoms with Gasteiger partial charge in [-0.05, 0) is 123 Å². The number of hydrogen-bond acceptors (Lipinski definition) is 4. The number of nitrogens with one attached hydrogen (secondary N) is 1. The second kappa shape index (κ2) is 17.6. The minimum absolute atomic E-state index is 0. The van der Waals surface area contributed by atoms with E-state index >= 15 is 0 Å². The van der Waals surface area contributed by atoms with Crippen molar-refractivity contribution in [3.63, 3.8) is 0 Å². The van der Waals surface area contributed by atoms with E-state index in [1.807, 2.05) is 24.3 Å². The molecule has 4 aromatic carbocycles. The highest BCUT2D eigenvalue weighted by Gasteiger charge is 2.42. The van der Waals surface area contributed by atoms with Crippen LogP contribution in [0.15, 0.2) is 97.1 Å². The van der Waals surface area contributed by atoms with Gasteiger partial charge in [-0.1, -0.05) is 90.8 Å². The molecule has 1 aliphatic heterocycles. The number of carbonyl (C=O) groups is 1. The van der Waals surface area contributed by atoms with Gasteiger partial charge in [-0.15, -0.1) is 12.4 Å². The molecule has 1 aliphatic carbocycles. The van der Waals surface area contributed by atoms with Crippen molar-refractivity contribution in [1.82, 2.24) is 10.2 Å². The van der Waals surface area contributed by atoms with E-state index in [-0.39, 0.29) is 29.3 Å². The smallest absolute Gasteiger partial charge is 0.224 e. The molecule has 0 saturated carbocycles. The molecule has 0 radical (unpaired) electrons. The SMILES string of the molecule is COc1cc2c(cc1OC)CC1(CCCCN1CCCC(CCCNC(=O)Cc1ccc(Cl)cc1)(c1ccccc1)c1ccccc1)CC2.Cl. The second-order valence-corrected chi connectivity index (χ2v) is 14.4. The molecular weight excluding hydrogens is 663 g/mol. The molecule has 266 valence electrons. The zero-order valence-electron chi connectivity index (χ0n) is 29.6. The number of nitrogens with zero attached hydrogens (tertiary/aromatic N) is 1. The number of aryl methyl sites for hydroxylation is 1. The number of halogens is 2. The number of hydrogen-bond donors (Lipinski definition) is 1. The van der Waals surface area contributed by atoms with Crippen LogP contribution in [0.5, 0.6) is 11.5 Å². The third-order valence-electron chi connectivity index (χ3n) is 11.1. The number of ether oxygens (including phenoxy) is 2. The molecule has 2 aliphatic rings. The lowest BCUT2D eigenvalue weighted by Gasteiger charge is -2.50. The van der Waals surface area contributed by atoms with E-state index < -0.39 is 0 Å². The summed E-state index contributed by atoms with van der Waals surface area (Å²) in [6.45, 7) is 2.89. The molecule has 1 amide bonds. The zero-order chi connectivity index (χ0) is 34.1. The van der Waals surface area contributed by atoms with Crippen LogP contribution >= 0.6 is 24.0 Å². The molecule has 1 atom stereocenters. The molecule has 0 aromatic heterocycles. The molecule has 0 bridgehead atoms. The van der Waals surface area contributed by atoms with Crippen molar-refractivity contribution in [2.45, 2.75) is 81.6 Å². The Kier molecular flexibility index (Phi) is 13.3. The van der Waals surface area contributed by atoms with Crippen molar-refractivity contribution in [1.29, 1.82) is 0 Å². The van der Waals surface area contributed by atoms with Crippen molar-refractivity contribution in [2.24, 2.45) is 0 Å². The van der Waals surface area contributed by atoms with Crippen LogP contribution in [0, 0.1) is 0 Å². The lowest BCUT2D eigenvalue weighted by molar-refractivity contribution is -0.120. The highest BCUT2D eigenvalue weighted by atomic mass is 35.5. The van der Waals surface area contributed by atoms with E-state index in [1.165, 1.54) is 47.9 Å². The van der Waals surface area contributed by atoms with E-state index in [2.05, 4.69) is 83.0 Å². The standard InChI is InChI=1S/C43H51ClN2O3.ClH/c1-48-39-30-34-21-25-42(32-35(34)31-40(39)49-2)22-9-10-27-46(42)28-12-24-43(36-13-5-3-6-14-36,37-15-7-4-8-16-37)23-11-26-45-41(47)29-33-17-19-38(44)20-18-33;/h3-8,13-20,30-31H,9-12,21-29,32H2,1-2H3,(H,45,47);1H. The van der Waals surface area contributed by atoms with Crippen LogP contribution in [0.1, 0.15) is 79.2 Å². The lowest BCUT2D eigenvalue weighted by atomic mass is 9.68. The molecule has 5 nitrogen and oxygen atoms in total. The first-order chi connectivity index (χ1) is 23.9. The van der Waals surface area contributed by atoms with Crippen molar-refractivity contribution >= 4 is 29.9 Å². The molecule has 7 heteroatoms. The van der Waals surface area contributed by atoms with Gasteiger partial charge in [0.2, 0.25) is 5.91 Å². The van der Waals surface area contributed by atoms with E-state index in [0.717, 1.165) is 68.7 Å². The van der Waals surface area contributed by atoms with Gasteiger partial charge in [0.05, 0.1) is 20.6 Å². The van der Waals surface area contributed by atoms with Crippen LogP contribution < -0.4 is 14.8 Å². The predicted molar refractivity (Wildman–Crippen MR) is 207 cm³/mol. The monoisotopic (exact) mass is 714 g/mol. The molecule has 1 saturated heterocycles. The number of likely N-dealkylation sites (tertiary alicyclic amines) is 1. The van der Waals surface area contributed by atoms with Crippen LogP contribution in [0.3, 0.4) is 0 Å². The Morgan fingerprint density at radius 1 is 0.820 bits per heavy atom. The number of benzene rings is 4. The highest BCUT2D eigenvalue weighted by Crippen LogP contribution is 2.45. The second-order valence-electron chi connectivity index (χ2n) is 14.0. The van der Waals surface area contributed by atoms with Gasteiger partial charge >= 0.3 is 0 Å². The number of carbonyl (C=O) groups excluding carboxylic acids is 1. The fourth-order valence-electron chi connectivity index (χ4n) is 8.58. The Labute approximate surface area is 310 Å². The molecule has 1 fully saturated rings. The first-order valence-corrected chi connectivity index (χ1v) is 18.4. The summed E-state index contributed by atoms with van der Waals surface area (Å²) in [5.74, 6) is 1.71. The molecule has 1 spiro atoms. The number of methoxy groups -OCH3 is 2. The normalized spacial score (nSPS) is 17.4. The maximum absolute atomic E-state index is 12.8. The predicted octanol–water partition coefficient (Wildman–Crippen LogP) is 9.40. The fourth-order valence-corrected chi connectivity index (χ4v) is 8.70. The van der Waals surface area contributed by atoms with Gasteiger partial charge in [-0.25, -0.2) is 0 Å². The van der Waals surface area contributed by atoms with E-state index in [0.29, 0.717) is 18.0 Å². The summed E-state index contributed by atoms with van der Waals surface area (Å²) in [6, 6.07) is 34.0. The topological polar surface area (TPSA) is 50.8 Å². The minimum Gasteiger partial charge on any atom is -0.493 e. The third kappa shape index (κ3) is 8.67. The molecule has 50 heavy (non-hydrogen) atoms. The quantitative estimate of drug-likeness (QED) is 0.132. The van der Waals surface area contributed by atoms with Gasteiger partial charge in [0.15, 0.2) is 11.5 Å². The van der Waals surface area contributed by atoms with Crippen LogP contribution in [0.25, 0.3) is 0 Å². The molecule has 1 unspecified atom stereocenters. The average Bonchev–Trinajstić information content (AvgIpc) is 3.14. The van der Waals surface area contributed by atoms with Gasteiger partial charge in [-0.2, -0.15) is 0 Å². The van der Waals surface area contributed by atoms with E-state index in [9.17, 15) is 4.79 Å². The maximum Gasteiger partial charge on any atom is 0.224 e. The van der Waals surface area contributed by atoms with Crippen LogP contribution in [-0.2, 0) is 29.5 Å². The molecular formula is C43H52Cl2N2O3. The Bertz CT molecular complexity index is 1630.